The number of H-pyrrole nitrogens is 1. The number of morpholine rings is 1. The summed E-state index contributed by atoms with van der Waals surface area (Å²) in [6, 6.07) is 19.5. The molecule has 0 unspecified atom stereocenters. The molecular formula is C55H65FN8O10S. The molecule has 0 radical (unpaired) electrons. The lowest BCUT2D eigenvalue weighted by Gasteiger charge is -2.57. The normalized spacial score (nSPS) is 27.8. The summed E-state index contributed by atoms with van der Waals surface area (Å²) in [7, 11) is -4.80. The molecule has 5 fully saturated rings. The number of sulfonamides is 1. The molecule has 1 amide bonds. The number of nitro groups is 1. The van der Waals surface area contributed by atoms with Crippen LogP contribution in [0.4, 0.5) is 32.8 Å². The fourth-order valence-electron chi connectivity index (χ4n) is 13.1. The van der Waals surface area contributed by atoms with Crippen LogP contribution in [0.3, 0.4) is 0 Å². The minimum Gasteiger partial charge on any atom is -0.489 e. The van der Waals surface area contributed by atoms with Crippen molar-refractivity contribution in [1.82, 2.24) is 19.6 Å². The van der Waals surface area contributed by atoms with E-state index in [1.807, 2.05) is 29.2 Å². The molecule has 20 heteroatoms. The largest absolute Gasteiger partial charge is 0.489 e. The first kappa shape index (κ1) is 49.8. The van der Waals surface area contributed by atoms with Gasteiger partial charge in [0, 0.05) is 61.7 Å². The molecule has 7 heterocycles. The van der Waals surface area contributed by atoms with E-state index in [4.69, 9.17) is 23.9 Å². The molecule has 12 rings (SSSR count). The molecule has 0 bridgehead atoms. The Hall–Kier alpha value is -6.06. The molecule has 3 aromatic carbocycles. The Labute approximate surface area is 435 Å². The topological polar surface area (TPSA) is 214 Å². The number of benzene rings is 3. The first-order chi connectivity index (χ1) is 36.0. The molecule has 1 spiro atoms. The van der Waals surface area contributed by atoms with Crippen molar-refractivity contribution < 1.29 is 46.6 Å². The van der Waals surface area contributed by atoms with Gasteiger partial charge in [0.1, 0.15) is 29.7 Å². The number of nitrogens with zero attached hydrogens (tertiary/aromatic N) is 5. The van der Waals surface area contributed by atoms with Gasteiger partial charge in [-0.2, -0.15) is 4.98 Å². The number of nitrogens with one attached hydrogen (secondary N) is 3. The number of ether oxygens (including phenoxy) is 4. The van der Waals surface area contributed by atoms with Gasteiger partial charge in [0.2, 0.25) is 5.88 Å². The van der Waals surface area contributed by atoms with Crippen LogP contribution in [0, 0.1) is 15.5 Å². The number of aliphatic hydroxyl groups is 1. The number of carbonyl (C=O) groups excluding carboxylic acids is 1. The summed E-state index contributed by atoms with van der Waals surface area (Å²) < 4.78 is 71.8. The molecule has 4 N–H and O–H groups in total. The van der Waals surface area contributed by atoms with Gasteiger partial charge in [-0.3, -0.25) is 19.8 Å². The van der Waals surface area contributed by atoms with E-state index in [0.717, 1.165) is 75.1 Å². The van der Waals surface area contributed by atoms with E-state index in [9.17, 15) is 28.4 Å². The lowest BCUT2D eigenvalue weighted by atomic mass is 9.59. The van der Waals surface area contributed by atoms with Crippen molar-refractivity contribution in [2.24, 2.45) is 5.41 Å². The number of amides is 1. The van der Waals surface area contributed by atoms with Crippen LogP contribution in [0.5, 0.6) is 11.6 Å². The Balaban J connectivity index is 0.833. The third-order valence-electron chi connectivity index (χ3n) is 17.5. The van der Waals surface area contributed by atoms with Crippen LogP contribution < -0.4 is 29.3 Å². The number of carbonyl (C=O) groups is 1. The minimum atomic E-state index is -4.80. The summed E-state index contributed by atoms with van der Waals surface area (Å²) >= 11 is 0. The van der Waals surface area contributed by atoms with E-state index in [2.05, 4.69) is 62.9 Å². The van der Waals surface area contributed by atoms with E-state index < -0.39 is 54.9 Å². The highest BCUT2D eigenvalue weighted by Gasteiger charge is 2.51. The lowest BCUT2D eigenvalue weighted by Crippen LogP contribution is -2.58. The zero-order valence-electron chi connectivity index (χ0n) is 42.6. The van der Waals surface area contributed by atoms with Crippen molar-refractivity contribution in [1.29, 1.82) is 0 Å². The maximum Gasteiger partial charge on any atom is 0.297 e. The van der Waals surface area contributed by atoms with Crippen LogP contribution in [0.1, 0.15) is 112 Å². The number of rotatable bonds is 10. The number of aromatic nitrogens is 2. The van der Waals surface area contributed by atoms with Crippen LogP contribution >= 0.6 is 0 Å². The van der Waals surface area contributed by atoms with E-state index in [1.165, 1.54) is 11.1 Å². The summed E-state index contributed by atoms with van der Waals surface area (Å²) in [5.74, 6) is -0.367. The summed E-state index contributed by atoms with van der Waals surface area (Å²) in [4.78, 5) is 41.2. The van der Waals surface area contributed by atoms with Crippen molar-refractivity contribution in [3.63, 3.8) is 0 Å². The Morgan fingerprint density at radius 2 is 1.72 bits per heavy atom. The van der Waals surface area contributed by atoms with E-state index in [1.54, 1.807) is 19.2 Å². The van der Waals surface area contributed by atoms with Crippen molar-refractivity contribution in [3.05, 3.63) is 99.7 Å². The minimum absolute atomic E-state index is 0.00822. The van der Waals surface area contributed by atoms with Gasteiger partial charge >= 0.3 is 0 Å². The summed E-state index contributed by atoms with van der Waals surface area (Å²) in [5, 5.41) is 26.8. The molecule has 7 aliphatic rings. The molecule has 5 aliphatic heterocycles. The second kappa shape index (κ2) is 18.9. The molecule has 3 saturated heterocycles. The zero-order chi connectivity index (χ0) is 52.0. The van der Waals surface area contributed by atoms with Crippen LogP contribution in [0.25, 0.3) is 11.0 Å². The number of hydrogen-bond acceptors (Lipinski definition) is 15. The molecule has 2 saturated carbocycles. The number of pyridine rings is 1. The van der Waals surface area contributed by atoms with Gasteiger partial charge in [-0.05, 0) is 118 Å². The average Bonchev–Trinajstić information content (AvgIpc) is 3.86. The van der Waals surface area contributed by atoms with Crippen molar-refractivity contribution >= 4 is 55.4 Å². The van der Waals surface area contributed by atoms with Gasteiger partial charge in [-0.1, -0.05) is 38.1 Å². The average molecular weight is 1050 g/mol. The first-order valence-electron chi connectivity index (χ1n) is 26.5. The highest BCUT2D eigenvalue weighted by atomic mass is 32.2. The number of anilines is 4. The maximum absolute atomic E-state index is 16.3. The van der Waals surface area contributed by atoms with Crippen molar-refractivity contribution in [2.45, 2.75) is 131 Å². The zero-order valence-corrected chi connectivity index (χ0v) is 43.4. The smallest absolute Gasteiger partial charge is 0.297 e. The molecule has 18 nitrogen and oxygen atoms in total. The predicted octanol–water partition coefficient (Wildman–Crippen LogP) is 8.43. The third kappa shape index (κ3) is 9.12. The standard InChI is InChI=1S/C55H65FN8O10S/c1-33(2)38-6-4-5-7-39(38)45-30-72-23-21-62(45)36-28-54(29-36)16-19-61(20-17-54)35-8-9-40(42(25-35)63-41-11-22-71-31-47(41)74-52-44(63)24-34-10-18-57-50(34)59-52)51(65)60-75(69,70)37-26-43(64(67)68)49-46(27-37)73-32-48(58-49)55(56)14-12-53(3,66)13-15-55/h4-10,18,24-27,33,36,41,45,47-48,58,66H,11-17,19-23,28-32H2,1-3H3,(H,57,59)(H,60,65)/t41-,45-,47-,48+,53?,55?/m0/s1. The van der Waals surface area contributed by atoms with Gasteiger partial charge in [-0.25, -0.2) is 17.5 Å². The number of halogens is 1. The number of piperidine rings is 1. The number of nitro benzene ring substituents is 1. The van der Waals surface area contributed by atoms with Crippen molar-refractivity contribution in [2.75, 3.05) is 67.8 Å². The van der Waals surface area contributed by atoms with Crippen LogP contribution in [0.2, 0.25) is 0 Å². The lowest BCUT2D eigenvalue weighted by molar-refractivity contribution is -0.384. The fourth-order valence-corrected chi connectivity index (χ4v) is 14.1. The number of hydrogen-bond donors (Lipinski definition) is 4. The molecular weight excluding hydrogens is 984 g/mol. The first-order valence-corrected chi connectivity index (χ1v) is 28.0. The number of aromatic amines is 1. The molecule has 398 valence electrons. The van der Waals surface area contributed by atoms with Gasteiger partial charge in [0.25, 0.3) is 21.6 Å². The van der Waals surface area contributed by atoms with Gasteiger partial charge in [-0.15, -0.1) is 0 Å². The molecule has 4 atom stereocenters. The van der Waals surface area contributed by atoms with Gasteiger partial charge in [0.15, 0.2) is 11.4 Å². The molecule has 2 aromatic heterocycles. The monoisotopic (exact) mass is 1050 g/mol. The third-order valence-corrected chi connectivity index (χ3v) is 18.8. The van der Waals surface area contributed by atoms with E-state index in [0.29, 0.717) is 54.5 Å². The van der Waals surface area contributed by atoms with E-state index in [-0.39, 0.29) is 73.4 Å². The SMILES string of the molecule is CC(C)c1ccccc1[C@@H]1COCCN1C1CC2(CCN(c3ccc(C(=O)NS(=O)(=O)c4cc5c(c([N+](=O)[O-])c4)N[C@@H](C4(F)CCC(C)(O)CC4)CO5)c(N4c5cc6cc[nH]c6nc5O[C@H]5COCC[C@@H]54)c3)CC2)C1. The predicted molar refractivity (Wildman–Crippen MR) is 280 cm³/mol. The summed E-state index contributed by atoms with van der Waals surface area (Å²) in [6.07, 6.45) is 6.52. The van der Waals surface area contributed by atoms with Crippen LogP contribution in [0.15, 0.2) is 77.8 Å². The Morgan fingerprint density at radius 1 is 0.947 bits per heavy atom. The van der Waals surface area contributed by atoms with E-state index >= 15 is 4.39 Å². The summed E-state index contributed by atoms with van der Waals surface area (Å²) in [6.45, 7) is 10.5. The van der Waals surface area contributed by atoms with Crippen molar-refractivity contribution in [3.8, 4) is 11.6 Å². The molecule has 75 heavy (non-hydrogen) atoms. The quantitative estimate of drug-likeness (QED) is 0.0763. The number of alkyl halides is 1. The highest BCUT2D eigenvalue weighted by Crippen LogP contribution is 2.54. The fraction of sp³-hybridized carbons (Fsp3) is 0.527. The summed E-state index contributed by atoms with van der Waals surface area (Å²) in [5.41, 5.74) is 1.89. The highest BCUT2D eigenvalue weighted by molar-refractivity contribution is 7.90. The van der Waals surface area contributed by atoms with Crippen LogP contribution in [-0.2, 0) is 19.5 Å². The van der Waals surface area contributed by atoms with Gasteiger partial charge in [0.05, 0.1) is 64.6 Å². The second-order valence-corrected chi connectivity index (χ2v) is 24.3. The maximum atomic E-state index is 16.3. The Bertz CT molecular complexity index is 3140. The second-order valence-electron chi connectivity index (χ2n) is 22.6. The van der Waals surface area contributed by atoms with Crippen LogP contribution in [-0.4, -0.2) is 127 Å². The molecule has 2 aliphatic carbocycles. The van der Waals surface area contributed by atoms with Gasteiger partial charge < -0.3 is 44.2 Å². The molecule has 5 aromatic rings. The number of fused-ring (bicyclic) bond motifs is 4. The Morgan fingerprint density at radius 3 is 2.49 bits per heavy atom. The Kier molecular flexibility index (Phi) is 12.5.